The SMILES string of the molecule is CCCCCCN(C(=O)C(Cc1ccccc1)NC(=O)OC(C)(C)C)C(C(=O)NCCC(=O)OCC)c1cc(C)ccc1C. The van der Waals surface area contributed by atoms with Crippen LogP contribution < -0.4 is 10.6 Å². The van der Waals surface area contributed by atoms with Crippen molar-refractivity contribution in [1.29, 1.82) is 0 Å². The van der Waals surface area contributed by atoms with Crippen LogP contribution in [0.5, 0.6) is 0 Å². The van der Waals surface area contributed by atoms with E-state index >= 15 is 0 Å². The van der Waals surface area contributed by atoms with Crippen LogP contribution in [-0.2, 0) is 30.3 Å². The van der Waals surface area contributed by atoms with Gasteiger partial charge in [0.25, 0.3) is 0 Å². The Morgan fingerprint density at radius 3 is 2.27 bits per heavy atom. The molecule has 2 aromatic carbocycles. The van der Waals surface area contributed by atoms with Gasteiger partial charge < -0.3 is 25.0 Å². The van der Waals surface area contributed by atoms with E-state index in [2.05, 4.69) is 17.6 Å². The number of amides is 3. The molecule has 0 aromatic heterocycles. The first-order valence-electron chi connectivity index (χ1n) is 15.7. The number of benzene rings is 2. The highest BCUT2D eigenvalue weighted by atomic mass is 16.6. The van der Waals surface area contributed by atoms with E-state index in [1.54, 1.807) is 32.6 Å². The Bertz CT molecular complexity index is 1220. The lowest BCUT2D eigenvalue weighted by Crippen LogP contribution is -2.54. The number of nitrogens with one attached hydrogen (secondary N) is 2. The number of hydrogen-bond acceptors (Lipinski definition) is 6. The predicted molar refractivity (Wildman–Crippen MR) is 172 cm³/mol. The fourth-order valence-electron chi connectivity index (χ4n) is 4.90. The van der Waals surface area contributed by atoms with E-state index in [9.17, 15) is 19.2 Å². The lowest BCUT2D eigenvalue weighted by molar-refractivity contribution is -0.144. The third-order valence-electron chi connectivity index (χ3n) is 7.03. The van der Waals surface area contributed by atoms with Crippen LogP contribution >= 0.6 is 0 Å². The van der Waals surface area contributed by atoms with Gasteiger partial charge in [0.05, 0.1) is 13.0 Å². The van der Waals surface area contributed by atoms with Gasteiger partial charge in [-0.1, -0.05) is 80.3 Å². The van der Waals surface area contributed by atoms with Crippen LogP contribution in [0.15, 0.2) is 48.5 Å². The van der Waals surface area contributed by atoms with E-state index in [1.807, 2.05) is 62.4 Å². The summed E-state index contributed by atoms with van der Waals surface area (Å²) in [6.07, 6.45) is 3.09. The van der Waals surface area contributed by atoms with Gasteiger partial charge >= 0.3 is 12.1 Å². The van der Waals surface area contributed by atoms with Crippen molar-refractivity contribution in [3.05, 3.63) is 70.8 Å². The summed E-state index contributed by atoms with van der Waals surface area (Å²) in [5.74, 6) is -1.20. The number of ether oxygens (including phenoxy) is 2. The van der Waals surface area contributed by atoms with E-state index in [0.29, 0.717) is 18.5 Å². The molecule has 44 heavy (non-hydrogen) atoms. The van der Waals surface area contributed by atoms with Gasteiger partial charge in [-0.2, -0.15) is 0 Å². The normalized spacial score (nSPS) is 12.5. The van der Waals surface area contributed by atoms with Gasteiger partial charge in [-0.05, 0) is 64.7 Å². The topological polar surface area (TPSA) is 114 Å². The number of unbranched alkanes of at least 4 members (excludes halogenated alkanes) is 3. The Balaban J connectivity index is 2.56. The van der Waals surface area contributed by atoms with Gasteiger partial charge in [0.1, 0.15) is 17.7 Å². The van der Waals surface area contributed by atoms with Gasteiger partial charge in [-0.15, -0.1) is 0 Å². The highest BCUT2D eigenvalue weighted by molar-refractivity contribution is 5.92. The molecule has 0 radical (unpaired) electrons. The lowest BCUT2D eigenvalue weighted by Gasteiger charge is -2.35. The molecule has 0 aliphatic heterocycles. The van der Waals surface area contributed by atoms with Gasteiger partial charge in [0.2, 0.25) is 11.8 Å². The standard InChI is InChI=1S/C35H51N3O6/c1-8-10-11-15-22-38(33(41)29(24-27-16-13-12-14-17-27)37-34(42)44-35(5,6)7)31(28-23-25(3)18-19-26(28)4)32(40)36-21-20-30(39)43-9-2/h12-14,16-19,23,29,31H,8-11,15,20-22,24H2,1-7H3,(H,36,40)(H,37,42). The van der Waals surface area contributed by atoms with Crippen molar-refractivity contribution in [2.24, 2.45) is 0 Å². The molecule has 2 atom stereocenters. The molecule has 9 nitrogen and oxygen atoms in total. The predicted octanol–water partition coefficient (Wildman–Crippen LogP) is 5.96. The van der Waals surface area contributed by atoms with Gasteiger partial charge in [-0.25, -0.2) is 4.79 Å². The summed E-state index contributed by atoms with van der Waals surface area (Å²) < 4.78 is 10.5. The second-order valence-corrected chi connectivity index (χ2v) is 12.1. The Hall–Kier alpha value is -3.88. The van der Waals surface area contributed by atoms with Crippen molar-refractivity contribution in [1.82, 2.24) is 15.5 Å². The van der Waals surface area contributed by atoms with Gasteiger partial charge in [-0.3, -0.25) is 14.4 Å². The molecular weight excluding hydrogens is 558 g/mol. The Morgan fingerprint density at radius 2 is 1.64 bits per heavy atom. The summed E-state index contributed by atoms with van der Waals surface area (Å²) in [4.78, 5) is 55.2. The van der Waals surface area contributed by atoms with Crippen molar-refractivity contribution in [2.75, 3.05) is 19.7 Å². The quantitative estimate of drug-likeness (QED) is 0.179. The average molecular weight is 610 g/mol. The van der Waals surface area contributed by atoms with Gasteiger partial charge in [0.15, 0.2) is 0 Å². The molecule has 242 valence electrons. The maximum Gasteiger partial charge on any atom is 0.408 e. The summed E-state index contributed by atoms with van der Waals surface area (Å²) in [6.45, 7) is 13.6. The van der Waals surface area contributed by atoms with Crippen LogP contribution in [0.25, 0.3) is 0 Å². The zero-order valence-electron chi connectivity index (χ0n) is 27.5. The minimum Gasteiger partial charge on any atom is -0.466 e. The molecule has 0 aliphatic rings. The first-order valence-corrected chi connectivity index (χ1v) is 15.7. The molecule has 2 N–H and O–H groups in total. The Labute approximate surface area is 263 Å². The number of esters is 1. The Morgan fingerprint density at radius 1 is 0.932 bits per heavy atom. The summed E-state index contributed by atoms with van der Waals surface area (Å²) in [5, 5.41) is 5.67. The van der Waals surface area contributed by atoms with E-state index in [4.69, 9.17) is 9.47 Å². The van der Waals surface area contributed by atoms with Crippen LogP contribution in [0.1, 0.15) is 95.0 Å². The second kappa shape index (κ2) is 18.0. The maximum absolute atomic E-state index is 14.6. The molecule has 2 rings (SSSR count). The van der Waals surface area contributed by atoms with Crippen molar-refractivity contribution >= 4 is 23.9 Å². The minimum absolute atomic E-state index is 0.0143. The van der Waals surface area contributed by atoms with Crippen molar-refractivity contribution < 1.29 is 28.7 Å². The summed E-state index contributed by atoms with van der Waals surface area (Å²) >= 11 is 0. The molecule has 0 heterocycles. The number of aryl methyl sites for hydroxylation is 2. The third-order valence-corrected chi connectivity index (χ3v) is 7.03. The van der Waals surface area contributed by atoms with Crippen LogP contribution in [-0.4, -0.2) is 60.1 Å². The number of carbonyl (C=O) groups is 4. The van der Waals surface area contributed by atoms with Crippen LogP contribution in [0.2, 0.25) is 0 Å². The lowest BCUT2D eigenvalue weighted by atomic mass is 9.95. The highest BCUT2D eigenvalue weighted by Gasteiger charge is 2.37. The highest BCUT2D eigenvalue weighted by Crippen LogP contribution is 2.28. The molecule has 0 aliphatic carbocycles. The molecule has 2 unspecified atom stereocenters. The first kappa shape index (κ1) is 36.3. The summed E-state index contributed by atoms with van der Waals surface area (Å²) in [5.41, 5.74) is 2.59. The maximum atomic E-state index is 14.6. The number of alkyl carbamates (subject to hydrolysis) is 1. The van der Waals surface area contributed by atoms with E-state index in [-0.39, 0.29) is 31.9 Å². The van der Waals surface area contributed by atoms with Crippen molar-refractivity contribution in [3.8, 4) is 0 Å². The molecule has 9 heteroatoms. The smallest absolute Gasteiger partial charge is 0.408 e. The largest absolute Gasteiger partial charge is 0.466 e. The van der Waals surface area contributed by atoms with Gasteiger partial charge in [0, 0.05) is 19.5 Å². The fourth-order valence-corrected chi connectivity index (χ4v) is 4.90. The molecule has 3 amide bonds. The minimum atomic E-state index is -0.988. The van der Waals surface area contributed by atoms with E-state index < -0.39 is 35.7 Å². The molecule has 0 fully saturated rings. The first-order chi connectivity index (χ1) is 20.9. The summed E-state index contributed by atoms with van der Waals surface area (Å²) in [7, 11) is 0. The third kappa shape index (κ3) is 12.4. The van der Waals surface area contributed by atoms with Crippen LogP contribution in [0.4, 0.5) is 4.79 Å². The van der Waals surface area contributed by atoms with E-state index in [1.165, 1.54) is 0 Å². The zero-order valence-corrected chi connectivity index (χ0v) is 27.5. The molecule has 0 saturated carbocycles. The number of nitrogens with zero attached hydrogens (tertiary/aromatic N) is 1. The monoisotopic (exact) mass is 609 g/mol. The number of hydrogen-bond donors (Lipinski definition) is 2. The fraction of sp³-hybridized carbons (Fsp3) is 0.543. The molecule has 2 aromatic rings. The molecule has 0 saturated heterocycles. The summed E-state index contributed by atoms with van der Waals surface area (Å²) in [6, 6.07) is 13.3. The number of carbonyl (C=O) groups excluding carboxylic acids is 4. The number of rotatable bonds is 16. The van der Waals surface area contributed by atoms with Crippen LogP contribution in [0.3, 0.4) is 0 Å². The Kier molecular flexibility index (Phi) is 14.9. The van der Waals surface area contributed by atoms with Crippen molar-refractivity contribution in [3.63, 3.8) is 0 Å². The van der Waals surface area contributed by atoms with Crippen molar-refractivity contribution in [2.45, 2.75) is 105 Å². The van der Waals surface area contributed by atoms with Crippen LogP contribution in [0, 0.1) is 13.8 Å². The molecule has 0 spiro atoms. The molecular formula is C35H51N3O6. The van der Waals surface area contributed by atoms with E-state index in [0.717, 1.165) is 36.0 Å². The average Bonchev–Trinajstić information content (AvgIpc) is 2.95. The zero-order chi connectivity index (χ0) is 32.7. The second-order valence-electron chi connectivity index (χ2n) is 12.1. The molecule has 0 bridgehead atoms.